The number of unbranched alkanes of at least 4 members (excludes halogenated alkanes) is 1. The second-order valence-corrected chi connectivity index (χ2v) is 5.48. The Kier molecular flexibility index (Phi) is 11.8. The maximum Gasteiger partial charge on any atom is 0.191 e. The van der Waals surface area contributed by atoms with Gasteiger partial charge < -0.3 is 15.4 Å². The van der Waals surface area contributed by atoms with Crippen LogP contribution in [0.2, 0.25) is 0 Å². The third kappa shape index (κ3) is 12.0. The van der Waals surface area contributed by atoms with Gasteiger partial charge in [0, 0.05) is 26.2 Å². The zero-order valence-corrected chi connectivity index (χ0v) is 13.5. The molecule has 0 saturated heterocycles. The van der Waals surface area contributed by atoms with Crippen molar-refractivity contribution in [2.45, 2.75) is 59.4 Å². The van der Waals surface area contributed by atoms with Crippen molar-refractivity contribution in [2.24, 2.45) is 10.9 Å². The van der Waals surface area contributed by atoms with Crippen LogP contribution in [0.25, 0.3) is 0 Å². The summed E-state index contributed by atoms with van der Waals surface area (Å²) in [5.74, 6) is 1.63. The highest BCUT2D eigenvalue weighted by molar-refractivity contribution is 5.79. The molecule has 0 aromatic heterocycles. The molecule has 0 saturated carbocycles. The molecule has 0 radical (unpaired) electrons. The van der Waals surface area contributed by atoms with E-state index in [-0.39, 0.29) is 0 Å². The molecule has 114 valence electrons. The topological polar surface area (TPSA) is 45.6 Å². The van der Waals surface area contributed by atoms with Gasteiger partial charge in [-0.15, -0.1) is 0 Å². The highest BCUT2D eigenvalue weighted by Gasteiger charge is 2.05. The van der Waals surface area contributed by atoms with E-state index in [1.807, 2.05) is 7.05 Å². The van der Waals surface area contributed by atoms with E-state index in [9.17, 15) is 0 Å². The summed E-state index contributed by atoms with van der Waals surface area (Å²) in [6.07, 6.45) is 4.74. The summed E-state index contributed by atoms with van der Waals surface area (Å²) in [4.78, 5) is 4.23. The van der Waals surface area contributed by atoms with Gasteiger partial charge in [-0.1, -0.05) is 27.2 Å². The van der Waals surface area contributed by atoms with Crippen molar-refractivity contribution in [3.8, 4) is 0 Å². The van der Waals surface area contributed by atoms with Crippen LogP contribution < -0.4 is 10.6 Å². The zero-order chi connectivity index (χ0) is 14.5. The van der Waals surface area contributed by atoms with E-state index in [4.69, 9.17) is 4.74 Å². The first-order valence-electron chi connectivity index (χ1n) is 7.65. The van der Waals surface area contributed by atoms with Gasteiger partial charge in [0.1, 0.15) is 0 Å². The molecule has 0 fully saturated rings. The molecular weight excluding hydrogens is 238 g/mol. The predicted molar refractivity (Wildman–Crippen MR) is 83.8 cm³/mol. The quantitative estimate of drug-likeness (QED) is 0.365. The van der Waals surface area contributed by atoms with Crippen molar-refractivity contribution in [1.82, 2.24) is 10.6 Å². The fourth-order valence-corrected chi connectivity index (χ4v) is 1.67. The molecule has 0 amide bonds. The van der Waals surface area contributed by atoms with Crippen LogP contribution in [0.1, 0.15) is 53.4 Å². The Morgan fingerprint density at radius 3 is 2.47 bits per heavy atom. The fourth-order valence-electron chi connectivity index (χ4n) is 1.67. The van der Waals surface area contributed by atoms with Gasteiger partial charge in [-0.05, 0) is 32.1 Å². The number of guanidine groups is 1. The molecule has 0 aliphatic rings. The lowest BCUT2D eigenvalue weighted by atomic mass is 10.0. The summed E-state index contributed by atoms with van der Waals surface area (Å²) in [6, 6.07) is 0.453. The van der Waals surface area contributed by atoms with Crippen molar-refractivity contribution in [3.63, 3.8) is 0 Å². The molecule has 2 N–H and O–H groups in total. The van der Waals surface area contributed by atoms with Crippen LogP contribution in [0, 0.1) is 5.92 Å². The predicted octanol–water partition coefficient (Wildman–Crippen LogP) is 2.79. The minimum Gasteiger partial charge on any atom is -0.380 e. The van der Waals surface area contributed by atoms with E-state index in [0.717, 1.165) is 38.1 Å². The lowest BCUT2D eigenvalue weighted by molar-refractivity contribution is 0.136. The summed E-state index contributed by atoms with van der Waals surface area (Å²) in [5, 5.41) is 6.69. The Hall–Kier alpha value is -0.770. The van der Waals surface area contributed by atoms with Crippen LogP contribution in [0.15, 0.2) is 4.99 Å². The summed E-state index contributed by atoms with van der Waals surface area (Å²) >= 11 is 0. The zero-order valence-electron chi connectivity index (χ0n) is 13.5. The van der Waals surface area contributed by atoms with Crippen molar-refractivity contribution < 1.29 is 4.74 Å². The molecule has 0 aromatic rings. The molecule has 0 aliphatic carbocycles. The average molecular weight is 271 g/mol. The van der Waals surface area contributed by atoms with Gasteiger partial charge in [0.2, 0.25) is 0 Å². The summed E-state index contributed by atoms with van der Waals surface area (Å²) in [6.45, 7) is 11.3. The number of rotatable bonds is 10. The Morgan fingerprint density at radius 1 is 1.16 bits per heavy atom. The second-order valence-electron chi connectivity index (χ2n) is 5.48. The number of ether oxygens (including phenoxy) is 1. The van der Waals surface area contributed by atoms with E-state index >= 15 is 0 Å². The van der Waals surface area contributed by atoms with Crippen LogP contribution in [0.4, 0.5) is 0 Å². The van der Waals surface area contributed by atoms with E-state index in [2.05, 4.69) is 43.3 Å². The molecule has 0 aliphatic heterocycles. The van der Waals surface area contributed by atoms with Crippen LogP contribution in [0.3, 0.4) is 0 Å². The molecule has 4 heteroatoms. The molecular formula is C15H33N3O. The first-order chi connectivity index (χ1) is 9.10. The molecule has 1 unspecified atom stereocenters. The lowest BCUT2D eigenvalue weighted by Crippen LogP contribution is -2.43. The van der Waals surface area contributed by atoms with E-state index in [0.29, 0.717) is 6.04 Å². The molecule has 0 aromatic carbocycles. The van der Waals surface area contributed by atoms with Crippen molar-refractivity contribution in [2.75, 3.05) is 26.8 Å². The van der Waals surface area contributed by atoms with Crippen molar-refractivity contribution in [3.05, 3.63) is 0 Å². The van der Waals surface area contributed by atoms with Gasteiger partial charge in [-0.3, -0.25) is 4.99 Å². The number of nitrogens with zero attached hydrogens (tertiary/aromatic N) is 1. The molecule has 19 heavy (non-hydrogen) atoms. The van der Waals surface area contributed by atoms with Gasteiger partial charge >= 0.3 is 0 Å². The van der Waals surface area contributed by atoms with Gasteiger partial charge in [0.25, 0.3) is 0 Å². The third-order valence-electron chi connectivity index (χ3n) is 2.96. The smallest absolute Gasteiger partial charge is 0.191 e. The number of hydrogen-bond acceptors (Lipinski definition) is 2. The Labute approximate surface area is 119 Å². The Balaban J connectivity index is 3.65. The van der Waals surface area contributed by atoms with Gasteiger partial charge in [-0.2, -0.15) is 0 Å². The number of hydrogen-bond donors (Lipinski definition) is 2. The van der Waals surface area contributed by atoms with Crippen molar-refractivity contribution >= 4 is 5.96 Å². The molecule has 0 spiro atoms. The standard InChI is InChI=1S/C15H33N3O/c1-6-7-11-19-12-10-17-15(16-5)18-14(4)9-8-13(2)3/h13-14H,6-12H2,1-5H3,(H2,16,17,18). The van der Waals surface area contributed by atoms with Crippen LogP contribution in [-0.4, -0.2) is 38.8 Å². The first kappa shape index (κ1) is 18.2. The maximum absolute atomic E-state index is 5.51. The average Bonchev–Trinajstić information content (AvgIpc) is 2.39. The fraction of sp³-hybridized carbons (Fsp3) is 0.933. The second kappa shape index (κ2) is 12.3. The summed E-state index contributed by atoms with van der Waals surface area (Å²) in [7, 11) is 1.81. The molecule has 4 nitrogen and oxygen atoms in total. The van der Waals surface area contributed by atoms with E-state index in [1.54, 1.807) is 0 Å². The number of aliphatic imine (C=N–C) groups is 1. The SMILES string of the molecule is CCCCOCCNC(=NC)NC(C)CCC(C)C. The lowest BCUT2D eigenvalue weighted by Gasteiger charge is -2.18. The van der Waals surface area contributed by atoms with Crippen molar-refractivity contribution in [1.29, 1.82) is 0 Å². The molecule has 0 bridgehead atoms. The molecule has 0 rings (SSSR count). The highest BCUT2D eigenvalue weighted by Crippen LogP contribution is 2.06. The van der Waals surface area contributed by atoms with E-state index < -0.39 is 0 Å². The summed E-state index contributed by atoms with van der Waals surface area (Å²) in [5.41, 5.74) is 0. The number of nitrogens with one attached hydrogen (secondary N) is 2. The van der Waals surface area contributed by atoms with Gasteiger partial charge in [-0.25, -0.2) is 0 Å². The molecule has 0 heterocycles. The van der Waals surface area contributed by atoms with Crippen LogP contribution in [0.5, 0.6) is 0 Å². The van der Waals surface area contributed by atoms with Crippen LogP contribution in [-0.2, 0) is 4.74 Å². The Morgan fingerprint density at radius 2 is 1.89 bits per heavy atom. The highest BCUT2D eigenvalue weighted by atomic mass is 16.5. The minimum absolute atomic E-state index is 0.453. The normalized spacial score (nSPS) is 13.7. The monoisotopic (exact) mass is 271 g/mol. The van der Waals surface area contributed by atoms with Gasteiger partial charge in [0.15, 0.2) is 5.96 Å². The Bertz CT molecular complexity index is 229. The maximum atomic E-state index is 5.51. The molecule has 1 atom stereocenters. The first-order valence-corrected chi connectivity index (χ1v) is 7.65. The van der Waals surface area contributed by atoms with Crippen LogP contribution >= 0.6 is 0 Å². The summed E-state index contributed by atoms with van der Waals surface area (Å²) < 4.78 is 5.51. The third-order valence-corrected chi connectivity index (χ3v) is 2.96. The largest absolute Gasteiger partial charge is 0.380 e. The van der Waals surface area contributed by atoms with E-state index in [1.165, 1.54) is 19.3 Å². The minimum atomic E-state index is 0.453. The van der Waals surface area contributed by atoms with Gasteiger partial charge in [0.05, 0.1) is 6.61 Å².